The summed E-state index contributed by atoms with van der Waals surface area (Å²) in [5.74, 6) is 0. The molecule has 0 spiro atoms. The van der Waals surface area contributed by atoms with E-state index < -0.39 is 16.5 Å². The fraction of sp³-hybridized carbons (Fsp3) is 0.538. The van der Waals surface area contributed by atoms with E-state index >= 15 is 0 Å². The molecule has 0 amide bonds. The quantitative estimate of drug-likeness (QED) is 0.927. The van der Waals surface area contributed by atoms with Crippen molar-refractivity contribution in [1.29, 1.82) is 0 Å². The van der Waals surface area contributed by atoms with E-state index in [-0.39, 0.29) is 4.75 Å². The molecule has 0 bridgehead atoms. The molecule has 0 aliphatic carbocycles. The molecule has 19 heavy (non-hydrogen) atoms. The third-order valence-corrected chi connectivity index (χ3v) is 5.52. The highest BCUT2D eigenvalue weighted by Gasteiger charge is 2.44. The van der Waals surface area contributed by atoms with Gasteiger partial charge >= 0.3 is 0 Å². The Labute approximate surface area is 126 Å². The largest absolute Gasteiger partial charge is 0.377 e. The first-order valence-electron chi connectivity index (χ1n) is 5.98. The zero-order valence-corrected chi connectivity index (χ0v) is 13.5. The summed E-state index contributed by atoms with van der Waals surface area (Å²) < 4.78 is 20.4. The molecule has 1 aromatic rings. The summed E-state index contributed by atoms with van der Waals surface area (Å²) in [7, 11) is -1.20. The van der Waals surface area contributed by atoms with Gasteiger partial charge in [-0.25, -0.2) is 8.93 Å². The zero-order chi connectivity index (χ0) is 14.3. The molecule has 1 aliphatic heterocycles. The molecule has 2 rings (SSSR count). The first-order valence-corrected chi connectivity index (χ1v) is 7.89. The van der Waals surface area contributed by atoms with E-state index in [0.29, 0.717) is 23.3 Å². The molecular formula is C13H17Cl2NO2S. The fourth-order valence-corrected chi connectivity index (χ4v) is 3.15. The molecule has 1 saturated heterocycles. The highest BCUT2D eigenvalue weighted by atomic mass is 35.5. The van der Waals surface area contributed by atoms with Gasteiger partial charge in [0.1, 0.15) is 5.54 Å². The first kappa shape index (κ1) is 15.3. The number of hydrogen-bond donors (Lipinski definition) is 1. The Morgan fingerprint density at radius 3 is 2.42 bits per heavy atom. The summed E-state index contributed by atoms with van der Waals surface area (Å²) >= 11 is 12.3. The molecule has 6 heteroatoms. The third-order valence-electron chi connectivity index (χ3n) is 3.01. The molecule has 1 fully saturated rings. The van der Waals surface area contributed by atoms with Crippen LogP contribution in [0.4, 0.5) is 0 Å². The average molecular weight is 322 g/mol. The van der Waals surface area contributed by atoms with Crippen molar-refractivity contribution in [3.63, 3.8) is 0 Å². The van der Waals surface area contributed by atoms with Gasteiger partial charge < -0.3 is 4.74 Å². The predicted octanol–water partition coefficient (Wildman–Crippen LogP) is 3.27. The lowest BCUT2D eigenvalue weighted by Gasteiger charge is -2.43. The number of benzene rings is 1. The van der Waals surface area contributed by atoms with Crippen LogP contribution in [0, 0.1) is 0 Å². The van der Waals surface area contributed by atoms with Crippen LogP contribution in [-0.2, 0) is 21.3 Å². The lowest BCUT2D eigenvalue weighted by molar-refractivity contribution is -0.0659. The van der Waals surface area contributed by atoms with Crippen molar-refractivity contribution in [3.8, 4) is 0 Å². The van der Waals surface area contributed by atoms with Crippen molar-refractivity contribution in [2.24, 2.45) is 0 Å². The number of nitrogens with one attached hydrogen (secondary N) is 1. The highest BCUT2D eigenvalue weighted by molar-refractivity contribution is 7.84. The maximum Gasteiger partial charge on any atom is 0.103 e. The van der Waals surface area contributed by atoms with E-state index in [0.717, 1.165) is 5.56 Å². The molecule has 3 nitrogen and oxygen atoms in total. The average Bonchev–Trinajstić information content (AvgIpc) is 2.26. The molecule has 1 atom stereocenters. The van der Waals surface area contributed by atoms with Crippen LogP contribution in [0.1, 0.15) is 26.3 Å². The van der Waals surface area contributed by atoms with E-state index in [1.165, 1.54) is 0 Å². The van der Waals surface area contributed by atoms with E-state index in [9.17, 15) is 4.21 Å². The van der Waals surface area contributed by atoms with Gasteiger partial charge in [0.25, 0.3) is 0 Å². The lowest BCUT2D eigenvalue weighted by atomic mass is 9.89. The molecular weight excluding hydrogens is 305 g/mol. The van der Waals surface area contributed by atoms with Crippen LogP contribution in [-0.4, -0.2) is 22.2 Å². The normalized spacial score (nSPS) is 19.8. The number of halogens is 2. The summed E-state index contributed by atoms with van der Waals surface area (Å²) in [5.41, 5.74) is 0.325. The van der Waals surface area contributed by atoms with Crippen molar-refractivity contribution in [2.75, 3.05) is 13.2 Å². The van der Waals surface area contributed by atoms with Gasteiger partial charge in [-0.1, -0.05) is 35.3 Å². The first-order chi connectivity index (χ1) is 8.76. The third kappa shape index (κ3) is 2.98. The highest BCUT2D eigenvalue weighted by Crippen LogP contribution is 2.38. The Bertz CT molecular complexity index is 510. The molecule has 0 saturated carbocycles. The number of hydrogen-bond acceptors (Lipinski definition) is 2. The van der Waals surface area contributed by atoms with Crippen LogP contribution in [0.25, 0.3) is 0 Å². The number of rotatable bonds is 3. The summed E-state index contributed by atoms with van der Waals surface area (Å²) in [4.78, 5) is 0. The molecule has 0 aromatic heterocycles. The van der Waals surface area contributed by atoms with E-state index in [1.807, 2.05) is 32.9 Å². The monoisotopic (exact) mass is 321 g/mol. The minimum atomic E-state index is -1.20. The van der Waals surface area contributed by atoms with Crippen molar-refractivity contribution in [1.82, 2.24) is 4.72 Å². The second kappa shape index (κ2) is 5.34. The van der Waals surface area contributed by atoms with E-state index in [2.05, 4.69) is 4.72 Å². The van der Waals surface area contributed by atoms with Gasteiger partial charge in [0, 0.05) is 0 Å². The Morgan fingerprint density at radius 2 is 1.95 bits per heavy atom. The van der Waals surface area contributed by atoms with Crippen molar-refractivity contribution in [3.05, 3.63) is 33.8 Å². The van der Waals surface area contributed by atoms with Crippen LogP contribution in [0.2, 0.25) is 10.0 Å². The Hall–Kier alpha value is -0.130. The standard InChI is InChI=1S/C13H17Cl2NO2S/c1-12(2,3)19(17)16-13(7-18-8-13)9-5-4-6-10(14)11(9)15/h4-6,16H,7-8H2,1-3H3. The topological polar surface area (TPSA) is 38.3 Å². The smallest absolute Gasteiger partial charge is 0.103 e. The van der Waals surface area contributed by atoms with Gasteiger partial charge in [0.15, 0.2) is 0 Å². The van der Waals surface area contributed by atoms with Gasteiger partial charge in [-0.05, 0) is 32.4 Å². The minimum absolute atomic E-state index is 0.354. The molecule has 1 unspecified atom stereocenters. The molecule has 1 heterocycles. The van der Waals surface area contributed by atoms with Gasteiger partial charge in [-0.2, -0.15) is 0 Å². The van der Waals surface area contributed by atoms with Crippen LogP contribution in [0.15, 0.2) is 18.2 Å². The van der Waals surface area contributed by atoms with Crippen LogP contribution in [0.3, 0.4) is 0 Å². The molecule has 1 aromatic carbocycles. The SMILES string of the molecule is CC(C)(C)S(=O)NC1(c2cccc(Cl)c2Cl)COC1. The fourth-order valence-electron chi connectivity index (χ4n) is 1.78. The second-order valence-electron chi connectivity index (χ2n) is 5.66. The number of ether oxygens (including phenoxy) is 1. The maximum absolute atomic E-state index is 12.3. The summed E-state index contributed by atoms with van der Waals surface area (Å²) in [6.07, 6.45) is 0. The second-order valence-corrected chi connectivity index (χ2v) is 8.41. The van der Waals surface area contributed by atoms with Crippen LogP contribution in [0.5, 0.6) is 0 Å². The van der Waals surface area contributed by atoms with Gasteiger partial charge in [0.2, 0.25) is 0 Å². The summed E-state index contributed by atoms with van der Waals surface area (Å²) in [6.45, 7) is 6.64. The predicted molar refractivity (Wildman–Crippen MR) is 80.0 cm³/mol. The molecule has 1 N–H and O–H groups in total. The Kier molecular flexibility index (Phi) is 4.29. The van der Waals surface area contributed by atoms with Crippen molar-refractivity contribution in [2.45, 2.75) is 31.1 Å². The summed E-state index contributed by atoms with van der Waals surface area (Å²) in [6, 6.07) is 5.47. The van der Waals surface area contributed by atoms with E-state index in [1.54, 1.807) is 6.07 Å². The molecule has 1 aliphatic rings. The molecule has 0 radical (unpaired) electrons. The molecule has 106 valence electrons. The zero-order valence-electron chi connectivity index (χ0n) is 11.1. The van der Waals surface area contributed by atoms with Crippen LogP contribution >= 0.6 is 23.2 Å². The van der Waals surface area contributed by atoms with Crippen molar-refractivity contribution >= 4 is 34.2 Å². The maximum atomic E-state index is 12.3. The summed E-state index contributed by atoms with van der Waals surface area (Å²) in [5, 5.41) is 0.986. The lowest BCUT2D eigenvalue weighted by Crippen LogP contribution is -2.60. The Morgan fingerprint density at radius 1 is 1.32 bits per heavy atom. The van der Waals surface area contributed by atoms with Gasteiger partial charge in [-0.15, -0.1) is 0 Å². The van der Waals surface area contributed by atoms with Crippen molar-refractivity contribution < 1.29 is 8.95 Å². The Balaban J connectivity index is 2.33. The van der Waals surface area contributed by atoms with Gasteiger partial charge in [-0.3, -0.25) is 0 Å². The van der Waals surface area contributed by atoms with Gasteiger partial charge in [0.05, 0.1) is 39.0 Å². The minimum Gasteiger partial charge on any atom is -0.377 e. The van der Waals surface area contributed by atoms with Crippen LogP contribution < -0.4 is 4.72 Å². The van der Waals surface area contributed by atoms with E-state index in [4.69, 9.17) is 27.9 Å².